The number of hydrogen-bond acceptors (Lipinski definition) is 8. The van der Waals surface area contributed by atoms with Gasteiger partial charge in [-0.2, -0.15) is 0 Å². The van der Waals surface area contributed by atoms with Crippen LogP contribution in [0.15, 0.2) is 17.3 Å². The van der Waals surface area contributed by atoms with Gasteiger partial charge in [0, 0.05) is 22.6 Å². The number of hydrazine groups is 1. The average molecular weight is 391 g/mol. The van der Waals surface area contributed by atoms with E-state index in [2.05, 4.69) is 50.9 Å². The summed E-state index contributed by atoms with van der Waals surface area (Å²) in [4.78, 5) is 1.32. The maximum absolute atomic E-state index is 6.06. The Hall–Kier alpha value is -1.39. The summed E-state index contributed by atoms with van der Waals surface area (Å²) >= 11 is 3.49. The highest BCUT2D eigenvalue weighted by Crippen LogP contribution is 2.48. The molecular weight excluding hydrogens is 368 g/mol. The summed E-state index contributed by atoms with van der Waals surface area (Å²) in [6, 6.07) is 0. The first-order chi connectivity index (χ1) is 12.4. The maximum Gasteiger partial charge on any atom is 0.249 e. The molecule has 5 rings (SSSR count). The third-order valence-corrected chi connectivity index (χ3v) is 7.23. The van der Waals surface area contributed by atoms with Gasteiger partial charge in [-0.15, -0.1) is 21.5 Å². The largest absolute Gasteiger partial charge is 0.370 e. The van der Waals surface area contributed by atoms with Crippen molar-refractivity contribution in [1.82, 2.24) is 25.5 Å². The molecule has 3 aliphatic rings. The Morgan fingerprint density at radius 3 is 3.12 bits per heavy atom. The summed E-state index contributed by atoms with van der Waals surface area (Å²) in [5, 5.41) is 16.7. The van der Waals surface area contributed by atoms with Crippen molar-refractivity contribution < 1.29 is 4.74 Å². The van der Waals surface area contributed by atoms with E-state index in [1.54, 1.807) is 11.8 Å². The normalized spacial score (nSPS) is 22.6. The lowest BCUT2D eigenvalue weighted by Gasteiger charge is -2.34. The molecule has 26 heavy (non-hydrogen) atoms. The second kappa shape index (κ2) is 5.80. The number of thioether (sulfide) groups is 1. The van der Waals surface area contributed by atoms with Crippen LogP contribution in [-0.2, 0) is 17.8 Å². The third kappa shape index (κ3) is 2.45. The van der Waals surface area contributed by atoms with Crippen molar-refractivity contribution in [1.29, 1.82) is 0 Å². The van der Waals surface area contributed by atoms with Crippen LogP contribution in [0.2, 0.25) is 0 Å². The summed E-state index contributed by atoms with van der Waals surface area (Å²) in [5.41, 5.74) is 7.15. The molecule has 1 fully saturated rings. The number of nitrogens with one attached hydrogen (secondary N) is 2. The molecule has 1 saturated heterocycles. The van der Waals surface area contributed by atoms with Gasteiger partial charge in [0.05, 0.1) is 18.9 Å². The lowest BCUT2D eigenvalue weighted by molar-refractivity contribution is -0.0385. The number of thiophene rings is 1. The van der Waals surface area contributed by atoms with Crippen LogP contribution in [0.4, 0.5) is 5.95 Å². The molecule has 2 aromatic heterocycles. The SMILES string of the molecule is C=C(C)CSc1nnc2n1-c1sc3c(c1C1NCNN21)CC(C)(C)OC3. The van der Waals surface area contributed by atoms with E-state index in [0.717, 1.165) is 35.5 Å². The highest BCUT2D eigenvalue weighted by Gasteiger charge is 2.43. The van der Waals surface area contributed by atoms with E-state index in [9.17, 15) is 0 Å². The molecule has 7 nitrogen and oxygen atoms in total. The molecule has 2 N–H and O–H groups in total. The van der Waals surface area contributed by atoms with Gasteiger partial charge in [0.1, 0.15) is 11.2 Å². The standard InChI is InChI=1S/C17H22N6OS2/c1-9(2)7-25-16-21-20-15-22(16)14-12(13-18-8-19-23(13)15)10-5-17(3,4)24-6-11(10)26-14/h13,18-19H,1,5-8H2,2-4H3. The predicted molar refractivity (Wildman–Crippen MR) is 104 cm³/mol. The van der Waals surface area contributed by atoms with Crippen LogP contribution in [0.1, 0.15) is 42.9 Å². The maximum atomic E-state index is 6.06. The number of hydrogen-bond donors (Lipinski definition) is 2. The van der Waals surface area contributed by atoms with Gasteiger partial charge < -0.3 is 4.74 Å². The minimum atomic E-state index is -0.135. The fraction of sp³-hybridized carbons (Fsp3) is 0.529. The van der Waals surface area contributed by atoms with E-state index < -0.39 is 0 Å². The summed E-state index contributed by atoms with van der Waals surface area (Å²) in [5.74, 6) is 1.68. The topological polar surface area (TPSA) is 67.2 Å². The molecule has 0 saturated carbocycles. The van der Waals surface area contributed by atoms with Gasteiger partial charge in [-0.05, 0) is 26.3 Å². The van der Waals surface area contributed by atoms with E-state index in [0.29, 0.717) is 6.61 Å². The van der Waals surface area contributed by atoms with E-state index in [1.807, 2.05) is 18.3 Å². The molecule has 2 aromatic rings. The van der Waals surface area contributed by atoms with E-state index >= 15 is 0 Å². The van der Waals surface area contributed by atoms with Gasteiger partial charge in [-0.1, -0.05) is 23.9 Å². The van der Waals surface area contributed by atoms with Crippen molar-refractivity contribution in [3.63, 3.8) is 0 Å². The second-order valence-corrected chi connectivity index (χ2v) is 9.65. The van der Waals surface area contributed by atoms with Crippen molar-refractivity contribution in [2.75, 3.05) is 17.4 Å². The van der Waals surface area contributed by atoms with Crippen molar-refractivity contribution in [2.45, 2.75) is 50.7 Å². The molecule has 1 atom stereocenters. The van der Waals surface area contributed by atoms with Crippen LogP contribution in [0, 0.1) is 0 Å². The Morgan fingerprint density at radius 1 is 1.46 bits per heavy atom. The first kappa shape index (κ1) is 16.8. The number of anilines is 1. The number of aromatic nitrogens is 3. The molecule has 3 aliphatic heterocycles. The number of ether oxygens (including phenoxy) is 1. The van der Waals surface area contributed by atoms with E-state index in [-0.39, 0.29) is 11.8 Å². The van der Waals surface area contributed by atoms with Crippen molar-refractivity contribution in [3.05, 3.63) is 28.2 Å². The number of rotatable bonds is 3. The lowest BCUT2D eigenvalue weighted by atomic mass is 9.92. The zero-order valence-corrected chi connectivity index (χ0v) is 16.8. The first-order valence-corrected chi connectivity index (χ1v) is 10.5. The molecule has 0 bridgehead atoms. The van der Waals surface area contributed by atoms with E-state index in [1.165, 1.54) is 21.0 Å². The van der Waals surface area contributed by atoms with Crippen molar-refractivity contribution in [3.8, 4) is 5.00 Å². The Labute approximate surface area is 160 Å². The van der Waals surface area contributed by atoms with Crippen LogP contribution in [0.3, 0.4) is 0 Å². The van der Waals surface area contributed by atoms with Crippen LogP contribution in [0.5, 0.6) is 0 Å². The van der Waals surface area contributed by atoms with Gasteiger partial charge >= 0.3 is 0 Å². The Morgan fingerprint density at radius 2 is 2.31 bits per heavy atom. The van der Waals surface area contributed by atoms with Crippen LogP contribution in [-0.4, -0.2) is 32.8 Å². The van der Waals surface area contributed by atoms with Gasteiger partial charge in [-0.25, -0.2) is 9.99 Å². The summed E-state index contributed by atoms with van der Waals surface area (Å²) < 4.78 is 8.25. The Balaban J connectivity index is 1.67. The number of fused-ring (bicyclic) bond motifs is 8. The smallest absolute Gasteiger partial charge is 0.249 e. The second-order valence-electron chi connectivity index (χ2n) is 7.62. The molecule has 0 aliphatic carbocycles. The monoisotopic (exact) mass is 390 g/mol. The summed E-state index contributed by atoms with van der Waals surface area (Å²) in [7, 11) is 0. The lowest BCUT2D eigenvalue weighted by Crippen LogP contribution is -2.40. The molecule has 138 valence electrons. The quantitative estimate of drug-likeness (QED) is 0.617. The molecule has 5 heterocycles. The molecule has 0 amide bonds. The highest BCUT2D eigenvalue weighted by molar-refractivity contribution is 7.99. The van der Waals surface area contributed by atoms with Gasteiger partial charge in [0.15, 0.2) is 5.16 Å². The summed E-state index contributed by atoms with van der Waals surface area (Å²) in [6.07, 6.45) is 1.01. The van der Waals surface area contributed by atoms with Gasteiger partial charge in [0.25, 0.3) is 0 Å². The number of nitrogens with zero attached hydrogens (tertiary/aromatic N) is 4. The molecule has 0 radical (unpaired) electrons. The van der Waals surface area contributed by atoms with Crippen molar-refractivity contribution >= 4 is 29.0 Å². The Kier molecular flexibility index (Phi) is 3.74. The fourth-order valence-corrected chi connectivity index (χ4v) is 5.81. The van der Waals surface area contributed by atoms with Crippen LogP contribution in [0.25, 0.3) is 5.00 Å². The average Bonchev–Trinajstić information content (AvgIpc) is 3.27. The minimum absolute atomic E-state index is 0.0922. The van der Waals surface area contributed by atoms with Gasteiger partial charge in [0.2, 0.25) is 5.95 Å². The zero-order valence-electron chi connectivity index (χ0n) is 15.1. The zero-order chi connectivity index (χ0) is 18.1. The van der Waals surface area contributed by atoms with E-state index in [4.69, 9.17) is 4.74 Å². The minimum Gasteiger partial charge on any atom is -0.370 e. The van der Waals surface area contributed by atoms with Gasteiger partial charge in [-0.3, -0.25) is 10.3 Å². The molecule has 9 heteroatoms. The fourth-order valence-electron chi connectivity index (χ4n) is 3.71. The highest BCUT2D eigenvalue weighted by atomic mass is 32.2. The first-order valence-electron chi connectivity index (χ1n) is 8.72. The Bertz CT molecular complexity index is 901. The molecule has 0 spiro atoms. The third-order valence-electron chi connectivity index (χ3n) is 4.87. The van der Waals surface area contributed by atoms with Crippen LogP contribution < -0.4 is 15.8 Å². The molecule has 1 unspecified atom stereocenters. The summed E-state index contributed by atoms with van der Waals surface area (Å²) in [6.45, 7) is 11.8. The molecular formula is C17H22N6OS2. The van der Waals surface area contributed by atoms with Crippen molar-refractivity contribution in [2.24, 2.45) is 0 Å². The molecule has 0 aromatic carbocycles. The predicted octanol–water partition coefficient (Wildman–Crippen LogP) is 2.73. The van der Waals surface area contributed by atoms with Crippen LogP contribution >= 0.6 is 23.1 Å².